The van der Waals surface area contributed by atoms with Crippen molar-refractivity contribution in [3.8, 4) is 5.75 Å². The highest BCUT2D eigenvalue weighted by Crippen LogP contribution is 2.38. The Bertz CT molecular complexity index is 856. The highest BCUT2D eigenvalue weighted by atomic mass is 35.5. The van der Waals surface area contributed by atoms with Crippen molar-refractivity contribution in [3.63, 3.8) is 0 Å². The van der Waals surface area contributed by atoms with Crippen molar-refractivity contribution in [2.24, 2.45) is 11.3 Å². The molecule has 0 spiro atoms. The lowest BCUT2D eigenvalue weighted by Gasteiger charge is -2.45. The van der Waals surface area contributed by atoms with Crippen LogP contribution in [0.15, 0.2) is 12.1 Å². The molecule has 1 aromatic rings. The van der Waals surface area contributed by atoms with E-state index in [1.54, 1.807) is 0 Å². The number of carbonyl (C=O) groups is 2. The molecule has 0 aromatic heterocycles. The molecule has 3 fully saturated rings. The molecular weight excluding hydrogens is 440 g/mol. The second-order valence-corrected chi connectivity index (χ2v) is 10.8. The number of halogens is 1. The summed E-state index contributed by atoms with van der Waals surface area (Å²) in [7, 11) is 0. The molecule has 2 amide bonds. The summed E-state index contributed by atoms with van der Waals surface area (Å²) in [6.45, 7) is 6.84. The molecule has 33 heavy (non-hydrogen) atoms. The number of nitrogens with zero attached hydrogens (tertiary/aromatic N) is 2. The fourth-order valence-corrected chi connectivity index (χ4v) is 5.51. The van der Waals surface area contributed by atoms with Crippen molar-refractivity contribution in [1.82, 2.24) is 9.80 Å². The van der Waals surface area contributed by atoms with Gasteiger partial charge in [0.2, 0.25) is 11.8 Å². The maximum atomic E-state index is 13.3. The number of likely N-dealkylation sites (tertiary alicyclic amines) is 2. The van der Waals surface area contributed by atoms with Crippen LogP contribution >= 0.6 is 11.6 Å². The Kier molecular flexibility index (Phi) is 7.54. The molecule has 1 aromatic carbocycles. The number of aryl methyl sites for hydroxylation is 2. The maximum absolute atomic E-state index is 13.3. The molecule has 1 N–H and O–H groups in total. The second kappa shape index (κ2) is 10.2. The van der Waals surface area contributed by atoms with E-state index in [1.165, 1.54) is 0 Å². The van der Waals surface area contributed by atoms with E-state index in [1.807, 2.05) is 35.8 Å². The van der Waals surface area contributed by atoms with Crippen molar-refractivity contribution in [2.75, 3.05) is 32.8 Å². The van der Waals surface area contributed by atoms with Gasteiger partial charge in [0, 0.05) is 49.0 Å². The van der Waals surface area contributed by atoms with Crippen LogP contribution in [0.1, 0.15) is 62.5 Å². The van der Waals surface area contributed by atoms with Crippen LogP contribution in [-0.4, -0.2) is 65.6 Å². The van der Waals surface area contributed by atoms with Crippen LogP contribution in [0.3, 0.4) is 0 Å². The Labute approximate surface area is 202 Å². The van der Waals surface area contributed by atoms with Crippen LogP contribution in [-0.2, 0) is 9.59 Å². The number of amides is 2. The van der Waals surface area contributed by atoms with E-state index in [-0.39, 0.29) is 23.8 Å². The minimum atomic E-state index is -0.410. The normalized spacial score (nSPS) is 24.5. The number of piperidine rings is 2. The van der Waals surface area contributed by atoms with E-state index in [4.69, 9.17) is 16.3 Å². The summed E-state index contributed by atoms with van der Waals surface area (Å²) in [5.74, 6) is 1.26. The zero-order valence-electron chi connectivity index (χ0n) is 19.9. The molecule has 0 radical (unpaired) electrons. The van der Waals surface area contributed by atoms with Crippen LogP contribution in [0.25, 0.3) is 0 Å². The Morgan fingerprint density at radius 1 is 1.06 bits per heavy atom. The molecule has 2 saturated heterocycles. The summed E-state index contributed by atoms with van der Waals surface area (Å²) in [5.41, 5.74) is 1.52. The molecule has 0 unspecified atom stereocenters. The molecule has 6 nitrogen and oxygen atoms in total. The fraction of sp³-hybridized carbons (Fsp3) is 0.692. The number of ether oxygens (including phenoxy) is 1. The Hall–Kier alpha value is -1.79. The monoisotopic (exact) mass is 476 g/mol. The second-order valence-electron chi connectivity index (χ2n) is 10.4. The number of benzene rings is 1. The van der Waals surface area contributed by atoms with Crippen molar-refractivity contribution in [3.05, 3.63) is 28.3 Å². The average Bonchev–Trinajstić information content (AvgIpc) is 2.75. The van der Waals surface area contributed by atoms with E-state index in [2.05, 4.69) is 0 Å². The largest absolute Gasteiger partial charge is 0.493 e. The van der Waals surface area contributed by atoms with Crippen molar-refractivity contribution >= 4 is 23.4 Å². The Morgan fingerprint density at radius 2 is 1.73 bits per heavy atom. The molecule has 7 heteroatoms. The first-order chi connectivity index (χ1) is 15.8. The molecule has 3 aliphatic rings. The van der Waals surface area contributed by atoms with Crippen LogP contribution in [0.2, 0.25) is 5.02 Å². The van der Waals surface area contributed by atoms with Gasteiger partial charge in [-0.25, -0.2) is 0 Å². The minimum absolute atomic E-state index is 0.104. The van der Waals surface area contributed by atoms with Crippen LogP contribution < -0.4 is 4.74 Å². The smallest absolute Gasteiger partial charge is 0.225 e. The number of aliphatic hydroxyl groups excluding tert-OH is 1. The van der Waals surface area contributed by atoms with E-state index in [0.29, 0.717) is 45.5 Å². The van der Waals surface area contributed by atoms with E-state index >= 15 is 0 Å². The lowest BCUT2D eigenvalue weighted by atomic mass is 9.76. The highest BCUT2D eigenvalue weighted by Gasteiger charge is 2.42. The number of hydrogen-bond acceptors (Lipinski definition) is 4. The summed E-state index contributed by atoms with van der Waals surface area (Å²) in [6.07, 6.45) is 6.15. The molecule has 1 saturated carbocycles. The van der Waals surface area contributed by atoms with Gasteiger partial charge in [-0.3, -0.25) is 9.59 Å². The molecule has 1 atom stereocenters. The zero-order chi connectivity index (χ0) is 23.6. The van der Waals surface area contributed by atoms with Gasteiger partial charge in [0.05, 0.1) is 12.7 Å². The number of carbonyl (C=O) groups excluding carboxylic acids is 2. The fourth-order valence-electron chi connectivity index (χ4n) is 5.40. The number of aliphatic hydroxyl groups is 1. The van der Waals surface area contributed by atoms with Gasteiger partial charge < -0.3 is 19.6 Å². The summed E-state index contributed by atoms with van der Waals surface area (Å²) in [6, 6.07) is 3.88. The van der Waals surface area contributed by atoms with Gasteiger partial charge in [-0.1, -0.05) is 18.0 Å². The van der Waals surface area contributed by atoms with E-state index in [9.17, 15) is 14.7 Å². The predicted molar refractivity (Wildman–Crippen MR) is 128 cm³/mol. The quantitative estimate of drug-likeness (QED) is 0.670. The number of hydrogen-bond donors (Lipinski definition) is 1. The first-order valence-electron chi connectivity index (χ1n) is 12.4. The summed E-state index contributed by atoms with van der Waals surface area (Å²) in [4.78, 5) is 30.2. The topological polar surface area (TPSA) is 70.1 Å². The zero-order valence-corrected chi connectivity index (χ0v) is 20.7. The van der Waals surface area contributed by atoms with Gasteiger partial charge >= 0.3 is 0 Å². The lowest BCUT2D eigenvalue weighted by molar-refractivity contribution is -0.146. The van der Waals surface area contributed by atoms with Gasteiger partial charge in [-0.05, 0) is 75.6 Å². The molecule has 4 rings (SSSR count). The van der Waals surface area contributed by atoms with Gasteiger partial charge in [-0.15, -0.1) is 0 Å². The maximum Gasteiger partial charge on any atom is 0.225 e. The first kappa shape index (κ1) is 24.3. The minimum Gasteiger partial charge on any atom is -0.493 e. The van der Waals surface area contributed by atoms with E-state index < -0.39 is 5.41 Å². The van der Waals surface area contributed by atoms with Crippen LogP contribution in [0.5, 0.6) is 5.75 Å². The Morgan fingerprint density at radius 3 is 2.33 bits per heavy atom. The van der Waals surface area contributed by atoms with Gasteiger partial charge in [0.15, 0.2) is 0 Å². The molecule has 2 aliphatic heterocycles. The van der Waals surface area contributed by atoms with Crippen molar-refractivity contribution in [2.45, 2.75) is 71.3 Å². The third-order valence-corrected chi connectivity index (χ3v) is 8.32. The van der Waals surface area contributed by atoms with Crippen LogP contribution in [0, 0.1) is 25.2 Å². The lowest BCUT2D eigenvalue weighted by Crippen LogP contribution is -2.53. The van der Waals surface area contributed by atoms with Gasteiger partial charge in [0.1, 0.15) is 5.75 Å². The highest BCUT2D eigenvalue weighted by molar-refractivity contribution is 6.32. The standard InChI is InChI=1S/C26H37ClN2O4/c1-18-13-22(14-19(2)24(18)27)33-17-26(15-23(31)28-11-7-21(30)8-12-28)9-4-10-29(16-26)25(32)20-5-3-6-20/h13-14,20-21,30H,3-12,15-17H2,1-2H3/t26-/m1/s1. The number of rotatable bonds is 6. The van der Waals surface area contributed by atoms with Gasteiger partial charge in [0.25, 0.3) is 0 Å². The summed E-state index contributed by atoms with van der Waals surface area (Å²) < 4.78 is 6.29. The first-order valence-corrected chi connectivity index (χ1v) is 12.8. The molecule has 1 aliphatic carbocycles. The van der Waals surface area contributed by atoms with E-state index in [0.717, 1.165) is 60.5 Å². The molecule has 2 heterocycles. The Balaban J connectivity index is 1.50. The summed E-state index contributed by atoms with van der Waals surface area (Å²) >= 11 is 6.33. The summed E-state index contributed by atoms with van der Waals surface area (Å²) in [5, 5.41) is 10.6. The third kappa shape index (κ3) is 5.65. The van der Waals surface area contributed by atoms with Crippen molar-refractivity contribution in [1.29, 1.82) is 0 Å². The molecular formula is C26H37ClN2O4. The third-order valence-electron chi connectivity index (χ3n) is 7.73. The van der Waals surface area contributed by atoms with Gasteiger partial charge in [-0.2, -0.15) is 0 Å². The van der Waals surface area contributed by atoms with Crippen molar-refractivity contribution < 1.29 is 19.4 Å². The van der Waals surface area contributed by atoms with Crippen LogP contribution in [0.4, 0.5) is 0 Å². The molecule has 182 valence electrons. The predicted octanol–water partition coefficient (Wildman–Crippen LogP) is 4.12. The molecule has 0 bridgehead atoms. The average molecular weight is 477 g/mol. The SMILES string of the molecule is Cc1cc(OC[C@@]2(CC(=O)N3CCC(O)CC3)CCCN(C(=O)C3CCC3)C2)cc(C)c1Cl.